The first-order valence-electron chi connectivity index (χ1n) is 7.88. The van der Waals surface area contributed by atoms with E-state index in [0.717, 1.165) is 26.1 Å². The molecule has 3 rings (SSSR count). The molecule has 0 bridgehead atoms. The molecule has 1 aliphatic heterocycles. The smallest absolute Gasteiger partial charge is 0.0721 e. The predicted molar refractivity (Wildman–Crippen MR) is 91.1 cm³/mol. The maximum Gasteiger partial charge on any atom is 0.0721 e. The molecule has 2 atom stereocenters. The molecule has 0 aliphatic carbocycles. The van der Waals surface area contributed by atoms with Crippen molar-refractivity contribution in [1.82, 2.24) is 4.90 Å². The van der Waals surface area contributed by atoms with E-state index in [1.807, 2.05) is 24.3 Å². The topological polar surface area (TPSA) is 12.5 Å². The van der Waals surface area contributed by atoms with E-state index >= 15 is 0 Å². The normalized spacial score (nSPS) is 20.1. The second kappa shape index (κ2) is 7.77. The Morgan fingerprint density at radius 2 is 1.73 bits per heavy atom. The van der Waals surface area contributed by atoms with Gasteiger partial charge in [0.25, 0.3) is 0 Å². The molecule has 1 fully saturated rings. The fourth-order valence-corrected chi connectivity index (χ4v) is 3.22. The second-order valence-corrected chi connectivity index (χ2v) is 6.37. The molecule has 0 radical (unpaired) electrons. The van der Waals surface area contributed by atoms with E-state index in [-0.39, 0.29) is 5.38 Å². The van der Waals surface area contributed by atoms with Gasteiger partial charge < -0.3 is 4.74 Å². The Balaban J connectivity index is 1.44. The summed E-state index contributed by atoms with van der Waals surface area (Å²) in [6.45, 7) is 3.62. The van der Waals surface area contributed by atoms with Crippen molar-refractivity contribution < 1.29 is 4.74 Å². The van der Waals surface area contributed by atoms with Crippen LogP contribution in [0.15, 0.2) is 60.7 Å². The maximum atomic E-state index is 6.52. The van der Waals surface area contributed by atoms with Crippen LogP contribution in [-0.2, 0) is 11.3 Å². The second-order valence-electron chi connectivity index (χ2n) is 5.85. The van der Waals surface area contributed by atoms with E-state index in [1.165, 1.54) is 11.1 Å². The van der Waals surface area contributed by atoms with Crippen molar-refractivity contribution in [2.75, 3.05) is 19.6 Å². The van der Waals surface area contributed by atoms with Crippen LogP contribution in [-0.4, -0.2) is 30.6 Å². The first-order valence-corrected chi connectivity index (χ1v) is 8.32. The molecule has 0 aromatic heterocycles. The van der Waals surface area contributed by atoms with Gasteiger partial charge in [-0.15, -0.1) is 11.6 Å². The lowest BCUT2D eigenvalue weighted by Crippen LogP contribution is -2.26. The van der Waals surface area contributed by atoms with Crippen molar-refractivity contribution in [2.24, 2.45) is 0 Å². The highest BCUT2D eigenvalue weighted by atomic mass is 35.5. The van der Waals surface area contributed by atoms with E-state index in [2.05, 4.69) is 41.3 Å². The van der Waals surface area contributed by atoms with Crippen LogP contribution in [0.4, 0.5) is 0 Å². The Morgan fingerprint density at radius 3 is 2.45 bits per heavy atom. The van der Waals surface area contributed by atoms with Crippen molar-refractivity contribution >= 4 is 11.6 Å². The Bertz CT molecular complexity index is 560. The highest BCUT2D eigenvalue weighted by Crippen LogP contribution is 2.24. The molecule has 22 heavy (non-hydrogen) atoms. The third kappa shape index (κ3) is 4.33. The zero-order chi connectivity index (χ0) is 15.2. The van der Waals surface area contributed by atoms with E-state index < -0.39 is 0 Å². The average Bonchev–Trinajstić information content (AvgIpc) is 3.02. The molecular weight excluding hydrogens is 294 g/mol. The fourth-order valence-electron chi connectivity index (χ4n) is 2.88. The average molecular weight is 316 g/mol. The minimum Gasteiger partial charge on any atom is -0.372 e. The van der Waals surface area contributed by atoms with Crippen LogP contribution < -0.4 is 0 Å². The molecular formula is C19H22ClNO. The van der Waals surface area contributed by atoms with Crippen LogP contribution in [0.3, 0.4) is 0 Å². The maximum absolute atomic E-state index is 6.52. The van der Waals surface area contributed by atoms with Crippen molar-refractivity contribution in [3.05, 3.63) is 71.8 Å². The van der Waals surface area contributed by atoms with E-state index in [4.69, 9.17) is 16.3 Å². The third-order valence-electron chi connectivity index (χ3n) is 4.14. The zero-order valence-corrected chi connectivity index (χ0v) is 13.5. The van der Waals surface area contributed by atoms with Crippen LogP contribution in [0.5, 0.6) is 0 Å². The summed E-state index contributed by atoms with van der Waals surface area (Å²) in [5.74, 6) is 0. The molecule has 0 saturated carbocycles. The summed E-state index contributed by atoms with van der Waals surface area (Å²) >= 11 is 6.52. The number of halogens is 1. The van der Waals surface area contributed by atoms with Crippen LogP contribution >= 0.6 is 11.6 Å². The van der Waals surface area contributed by atoms with Crippen molar-refractivity contribution in [2.45, 2.75) is 24.5 Å². The molecule has 0 spiro atoms. The van der Waals surface area contributed by atoms with E-state index in [0.29, 0.717) is 12.7 Å². The largest absolute Gasteiger partial charge is 0.372 e. The van der Waals surface area contributed by atoms with E-state index in [1.54, 1.807) is 0 Å². The molecule has 1 aliphatic rings. The molecule has 1 heterocycles. The summed E-state index contributed by atoms with van der Waals surface area (Å²) in [5.41, 5.74) is 2.43. The summed E-state index contributed by atoms with van der Waals surface area (Å²) in [6.07, 6.45) is 1.41. The summed E-state index contributed by atoms with van der Waals surface area (Å²) in [4.78, 5) is 2.40. The standard InChI is InChI=1S/C19H22ClNO/c20-19(17-9-5-2-6-10-17)14-21-12-11-18(13-21)22-15-16-7-3-1-4-8-16/h1-10,18-19H,11-15H2/t18-,19+/m0/s1. The van der Waals surface area contributed by atoms with Crippen LogP contribution in [0.2, 0.25) is 0 Å². The number of nitrogens with zero attached hydrogens (tertiary/aromatic N) is 1. The third-order valence-corrected chi connectivity index (χ3v) is 4.53. The Labute approximate surface area is 137 Å². The molecule has 1 saturated heterocycles. The monoisotopic (exact) mass is 315 g/mol. The van der Waals surface area contributed by atoms with Gasteiger partial charge in [-0.05, 0) is 17.5 Å². The van der Waals surface area contributed by atoms with Crippen molar-refractivity contribution in [3.8, 4) is 0 Å². The van der Waals surface area contributed by atoms with Gasteiger partial charge in [0.15, 0.2) is 0 Å². The minimum atomic E-state index is 0.0501. The van der Waals surface area contributed by atoms with Gasteiger partial charge in [0.1, 0.15) is 0 Å². The lowest BCUT2D eigenvalue weighted by Gasteiger charge is -2.20. The molecule has 0 amide bonds. The molecule has 3 heteroatoms. The van der Waals surface area contributed by atoms with Crippen LogP contribution in [0.25, 0.3) is 0 Å². The lowest BCUT2D eigenvalue weighted by molar-refractivity contribution is 0.0467. The first-order chi connectivity index (χ1) is 10.8. The summed E-state index contributed by atoms with van der Waals surface area (Å²) < 4.78 is 6.02. The number of hydrogen-bond acceptors (Lipinski definition) is 2. The number of ether oxygens (including phenoxy) is 1. The van der Waals surface area contributed by atoms with Gasteiger partial charge in [-0.3, -0.25) is 4.90 Å². The van der Waals surface area contributed by atoms with Gasteiger partial charge in [-0.25, -0.2) is 0 Å². The molecule has 2 nitrogen and oxygen atoms in total. The predicted octanol–water partition coefficient (Wildman–Crippen LogP) is 4.26. The van der Waals surface area contributed by atoms with Gasteiger partial charge in [-0.2, -0.15) is 0 Å². The number of benzene rings is 2. The van der Waals surface area contributed by atoms with Crippen molar-refractivity contribution in [1.29, 1.82) is 0 Å². The quantitative estimate of drug-likeness (QED) is 0.739. The molecule has 0 unspecified atom stereocenters. The van der Waals surface area contributed by atoms with Gasteiger partial charge in [0.2, 0.25) is 0 Å². The highest BCUT2D eigenvalue weighted by Gasteiger charge is 2.25. The summed E-state index contributed by atoms with van der Waals surface area (Å²) in [5, 5.41) is 0.0501. The van der Waals surface area contributed by atoms with Gasteiger partial charge >= 0.3 is 0 Å². The summed E-state index contributed by atoms with van der Waals surface area (Å²) in [6, 6.07) is 20.7. The lowest BCUT2D eigenvalue weighted by atomic mass is 10.1. The van der Waals surface area contributed by atoms with Gasteiger partial charge in [0.05, 0.1) is 18.1 Å². The number of alkyl halides is 1. The van der Waals surface area contributed by atoms with Crippen LogP contribution in [0, 0.1) is 0 Å². The Morgan fingerprint density at radius 1 is 1.05 bits per heavy atom. The molecule has 0 N–H and O–H groups in total. The first kappa shape index (κ1) is 15.5. The molecule has 2 aromatic carbocycles. The fraction of sp³-hybridized carbons (Fsp3) is 0.368. The Hall–Kier alpha value is -1.35. The zero-order valence-electron chi connectivity index (χ0n) is 12.7. The van der Waals surface area contributed by atoms with Gasteiger partial charge in [0, 0.05) is 19.6 Å². The van der Waals surface area contributed by atoms with E-state index in [9.17, 15) is 0 Å². The number of rotatable bonds is 6. The van der Waals surface area contributed by atoms with Crippen molar-refractivity contribution in [3.63, 3.8) is 0 Å². The number of likely N-dealkylation sites (tertiary alicyclic amines) is 1. The SMILES string of the molecule is Cl[C@H](CN1CC[C@H](OCc2ccccc2)C1)c1ccccc1. The Kier molecular flexibility index (Phi) is 5.49. The highest BCUT2D eigenvalue weighted by molar-refractivity contribution is 6.21. The molecule has 2 aromatic rings. The number of hydrogen-bond donors (Lipinski definition) is 0. The van der Waals surface area contributed by atoms with Crippen LogP contribution in [0.1, 0.15) is 22.9 Å². The summed E-state index contributed by atoms with van der Waals surface area (Å²) in [7, 11) is 0. The molecule has 116 valence electrons. The minimum absolute atomic E-state index is 0.0501. The van der Waals surface area contributed by atoms with Gasteiger partial charge in [-0.1, -0.05) is 60.7 Å².